The summed E-state index contributed by atoms with van der Waals surface area (Å²) in [5.74, 6) is 2.61. The van der Waals surface area contributed by atoms with Crippen LogP contribution in [-0.2, 0) is 6.54 Å². The van der Waals surface area contributed by atoms with Crippen molar-refractivity contribution in [3.63, 3.8) is 0 Å². The summed E-state index contributed by atoms with van der Waals surface area (Å²) in [6, 6.07) is 16.6. The van der Waals surface area contributed by atoms with Crippen LogP contribution in [0.5, 0.6) is 11.5 Å². The minimum atomic E-state index is 0. The Morgan fingerprint density at radius 1 is 1.00 bits per heavy atom. The number of aromatic nitrogens is 2. The van der Waals surface area contributed by atoms with Crippen molar-refractivity contribution in [3.8, 4) is 28.4 Å². The summed E-state index contributed by atoms with van der Waals surface area (Å²) in [6.45, 7) is 1.04. The first-order chi connectivity index (χ1) is 11.8. The number of rotatable bonds is 4. The van der Waals surface area contributed by atoms with Crippen molar-refractivity contribution in [1.29, 1.82) is 0 Å². The van der Waals surface area contributed by atoms with Crippen LogP contribution < -0.4 is 31.0 Å². The molecular formula is C19H19BrN2O2S. The first kappa shape index (κ1) is 17.9. The number of thioether (sulfide) groups is 1. The van der Waals surface area contributed by atoms with E-state index in [2.05, 4.69) is 45.7 Å². The van der Waals surface area contributed by atoms with Gasteiger partial charge in [-0.3, -0.25) is 0 Å². The summed E-state index contributed by atoms with van der Waals surface area (Å²) in [7, 11) is 3.33. The van der Waals surface area contributed by atoms with Gasteiger partial charge in [0.2, 0.25) is 0 Å². The van der Waals surface area contributed by atoms with Crippen molar-refractivity contribution in [2.24, 2.45) is 0 Å². The van der Waals surface area contributed by atoms with Crippen LogP contribution in [0, 0.1) is 0 Å². The smallest absolute Gasteiger partial charge is 0.323 e. The SMILES string of the molecule is COc1ccc(-c2c[n+]3c(n2-c2ccccc2)SCC3)cc1OC.[Br-]. The zero-order valence-electron chi connectivity index (χ0n) is 14.1. The molecule has 4 rings (SSSR count). The molecule has 0 N–H and O–H groups in total. The minimum Gasteiger partial charge on any atom is -1.00 e. The van der Waals surface area contributed by atoms with E-state index in [0.717, 1.165) is 35.1 Å². The fourth-order valence-electron chi connectivity index (χ4n) is 3.06. The lowest BCUT2D eigenvalue weighted by Gasteiger charge is -2.09. The number of benzene rings is 2. The topological polar surface area (TPSA) is 27.3 Å². The summed E-state index contributed by atoms with van der Waals surface area (Å²) in [6.07, 6.45) is 2.23. The molecule has 2 aromatic carbocycles. The summed E-state index contributed by atoms with van der Waals surface area (Å²) >= 11 is 1.89. The van der Waals surface area contributed by atoms with Gasteiger partial charge < -0.3 is 26.5 Å². The molecule has 0 amide bonds. The van der Waals surface area contributed by atoms with Crippen LogP contribution in [0.2, 0.25) is 0 Å². The number of halogens is 1. The maximum absolute atomic E-state index is 5.48. The number of methoxy groups -OCH3 is 2. The Labute approximate surface area is 162 Å². The van der Waals surface area contributed by atoms with E-state index in [-0.39, 0.29) is 17.0 Å². The third-order valence-corrected chi connectivity index (χ3v) is 5.28. The number of para-hydroxylation sites is 1. The second-order valence-electron chi connectivity index (χ2n) is 5.58. The fraction of sp³-hybridized carbons (Fsp3) is 0.211. The monoisotopic (exact) mass is 418 g/mol. The van der Waals surface area contributed by atoms with Gasteiger partial charge in [0, 0.05) is 11.3 Å². The molecule has 0 unspecified atom stereocenters. The second kappa shape index (κ2) is 7.54. The third-order valence-electron chi connectivity index (χ3n) is 4.21. The van der Waals surface area contributed by atoms with Crippen LogP contribution in [0.15, 0.2) is 59.9 Å². The molecule has 1 aliphatic heterocycles. The van der Waals surface area contributed by atoms with Gasteiger partial charge in [0.25, 0.3) is 0 Å². The van der Waals surface area contributed by atoms with Crippen molar-refractivity contribution < 1.29 is 31.0 Å². The van der Waals surface area contributed by atoms with Gasteiger partial charge in [0.1, 0.15) is 18.4 Å². The molecule has 3 aromatic rings. The lowest BCUT2D eigenvalue weighted by Crippen LogP contribution is -3.00. The van der Waals surface area contributed by atoms with E-state index >= 15 is 0 Å². The predicted octanol–water partition coefficient (Wildman–Crippen LogP) is 0.559. The molecule has 2 heterocycles. The molecule has 1 aliphatic rings. The number of hydrogen-bond acceptors (Lipinski definition) is 3. The maximum Gasteiger partial charge on any atom is 0.323 e. The van der Waals surface area contributed by atoms with E-state index in [9.17, 15) is 0 Å². The molecule has 4 nitrogen and oxygen atoms in total. The average molecular weight is 419 g/mol. The van der Waals surface area contributed by atoms with Crippen molar-refractivity contribution >= 4 is 11.8 Å². The first-order valence-electron chi connectivity index (χ1n) is 7.87. The van der Waals surface area contributed by atoms with E-state index in [0.29, 0.717) is 0 Å². The Morgan fingerprint density at radius 3 is 2.48 bits per heavy atom. The Balaban J connectivity index is 0.00000182. The average Bonchev–Trinajstić information content (AvgIpc) is 3.22. The zero-order chi connectivity index (χ0) is 16.5. The number of nitrogens with zero attached hydrogens (tertiary/aromatic N) is 2. The van der Waals surface area contributed by atoms with Crippen molar-refractivity contribution in [1.82, 2.24) is 4.57 Å². The predicted molar refractivity (Wildman–Crippen MR) is 95.2 cm³/mol. The molecule has 6 heteroatoms. The Kier molecular flexibility index (Phi) is 5.39. The molecule has 0 aliphatic carbocycles. The molecule has 0 atom stereocenters. The standard InChI is InChI=1S/C19H19N2O2S.BrH/c1-22-17-9-8-14(12-18(17)23-2)16-13-20-10-11-24-19(20)21(16)15-6-4-3-5-7-15;/h3-9,12-13H,10-11H2,1-2H3;1H/q+1;/p-1. The molecule has 0 saturated carbocycles. The van der Waals surface area contributed by atoms with Crippen LogP contribution in [0.4, 0.5) is 0 Å². The molecule has 0 bridgehead atoms. The summed E-state index contributed by atoms with van der Waals surface area (Å²) in [4.78, 5) is 0. The molecule has 1 aromatic heterocycles. The van der Waals surface area contributed by atoms with Crippen LogP contribution in [-0.4, -0.2) is 24.5 Å². The molecule has 0 radical (unpaired) electrons. The highest BCUT2D eigenvalue weighted by Crippen LogP contribution is 2.35. The van der Waals surface area contributed by atoms with Gasteiger partial charge >= 0.3 is 5.16 Å². The lowest BCUT2D eigenvalue weighted by molar-refractivity contribution is -0.723. The lowest BCUT2D eigenvalue weighted by atomic mass is 10.1. The van der Waals surface area contributed by atoms with Gasteiger partial charge in [-0.25, -0.2) is 4.57 Å². The van der Waals surface area contributed by atoms with E-state index in [1.807, 2.05) is 30.0 Å². The van der Waals surface area contributed by atoms with Crippen LogP contribution in [0.3, 0.4) is 0 Å². The third kappa shape index (κ3) is 3.16. The number of fused-ring (bicyclic) bond motifs is 1. The highest BCUT2D eigenvalue weighted by molar-refractivity contribution is 7.99. The zero-order valence-corrected chi connectivity index (χ0v) is 16.5. The van der Waals surface area contributed by atoms with Gasteiger partial charge in [-0.1, -0.05) is 18.2 Å². The maximum atomic E-state index is 5.48. The largest absolute Gasteiger partial charge is 1.00 e. The highest BCUT2D eigenvalue weighted by atomic mass is 79.9. The Bertz CT molecular complexity index is 881. The molecule has 0 saturated heterocycles. The second-order valence-corrected chi connectivity index (χ2v) is 6.64. The molecule has 130 valence electrons. The molecule has 25 heavy (non-hydrogen) atoms. The quantitative estimate of drug-likeness (QED) is 0.579. The fourth-order valence-corrected chi connectivity index (χ4v) is 4.17. The van der Waals surface area contributed by atoms with Crippen LogP contribution in [0.25, 0.3) is 16.9 Å². The van der Waals surface area contributed by atoms with Gasteiger partial charge in [-0.05, 0) is 42.1 Å². The van der Waals surface area contributed by atoms with Crippen LogP contribution >= 0.6 is 11.8 Å². The van der Waals surface area contributed by atoms with Crippen molar-refractivity contribution in [2.45, 2.75) is 11.7 Å². The molecular weight excluding hydrogens is 400 g/mol. The molecule has 0 fully saturated rings. The van der Waals surface area contributed by atoms with Crippen molar-refractivity contribution in [3.05, 3.63) is 54.7 Å². The first-order valence-corrected chi connectivity index (χ1v) is 8.86. The Hall–Kier alpha value is -1.92. The van der Waals surface area contributed by atoms with Gasteiger partial charge in [0.05, 0.1) is 14.2 Å². The van der Waals surface area contributed by atoms with E-state index in [4.69, 9.17) is 9.47 Å². The number of imidazole rings is 1. The van der Waals surface area contributed by atoms with Gasteiger partial charge in [-0.15, -0.1) is 0 Å². The number of ether oxygens (including phenoxy) is 2. The van der Waals surface area contributed by atoms with E-state index < -0.39 is 0 Å². The Morgan fingerprint density at radius 2 is 1.76 bits per heavy atom. The summed E-state index contributed by atoms with van der Waals surface area (Å²) in [5, 5.41) is 1.27. The number of hydrogen-bond donors (Lipinski definition) is 0. The summed E-state index contributed by atoms with van der Waals surface area (Å²) in [5.41, 5.74) is 3.44. The van der Waals surface area contributed by atoms with Crippen molar-refractivity contribution in [2.75, 3.05) is 20.0 Å². The summed E-state index contributed by atoms with van der Waals surface area (Å²) < 4.78 is 15.5. The minimum absolute atomic E-state index is 0. The van der Waals surface area contributed by atoms with Gasteiger partial charge in [0.15, 0.2) is 17.2 Å². The van der Waals surface area contributed by atoms with E-state index in [1.165, 1.54) is 10.8 Å². The van der Waals surface area contributed by atoms with Crippen LogP contribution in [0.1, 0.15) is 0 Å². The highest BCUT2D eigenvalue weighted by Gasteiger charge is 2.30. The van der Waals surface area contributed by atoms with E-state index in [1.54, 1.807) is 14.2 Å². The normalized spacial score (nSPS) is 12.4. The molecule has 0 spiro atoms. The number of aryl methyl sites for hydroxylation is 1. The van der Waals surface area contributed by atoms with Gasteiger partial charge in [-0.2, -0.15) is 4.57 Å².